The minimum absolute atomic E-state index is 0.178. The normalized spacial score (nSPS) is 11.4. The van der Waals surface area contributed by atoms with Gasteiger partial charge in [-0.1, -0.05) is 46.4 Å². The Morgan fingerprint density at radius 2 is 2.00 bits per heavy atom. The molecular formula is C18H29NO. The molecule has 1 aromatic carbocycles. The molecule has 0 atom stereocenters. The molecule has 0 heterocycles. The zero-order valence-corrected chi connectivity index (χ0v) is 13.7. The standard InChI is InChI=1S/C18H29NO/c1-7-10-19-12-14(2)13-20-17-9-8-16(11-15(17)3)18(4,5)6/h8-9,11,19H,2,7,10,12-13H2,1,3-6H3. The molecule has 0 spiro atoms. The Balaban J connectivity index is 2.55. The Morgan fingerprint density at radius 1 is 1.30 bits per heavy atom. The van der Waals surface area contributed by atoms with E-state index in [4.69, 9.17) is 4.74 Å². The molecule has 0 bridgehead atoms. The highest BCUT2D eigenvalue weighted by Gasteiger charge is 2.14. The molecule has 2 nitrogen and oxygen atoms in total. The fraction of sp³-hybridized carbons (Fsp3) is 0.556. The maximum Gasteiger partial charge on any atom is 0.122 e. The first-order valence-electron chi connectivity index (χ1n) is 7.46. The summed E-state index contributed by atoms with van der Waals surface area (Å²) in [7, 11) is 0. The predicted octanol–water partition coefficient (Wildman–Crippen LogP) is 4.23. The summed E-state index contributed by atoms with van der Waals surface area (Å²) in [6.07, 6.45) is 1.14. The van der Waals surface area contributed by atoms with Crippen molar-refractivity contribution in [3.8, 4) is 5.75 Å². The van der Waals surface area contributed by atoms with Crippen LogP contribution in [0.1, 0.15) is 45.2 Å². The van der Waals surface area contributed by atoms with Crippen LogP contribution in [0.2, 0.25) is 0 Å². The number of rotatable bonds is 7. The zero-order chi connectivity index (χ0) is 15.2. The highest BCUT2D eigenvalue weighted by atomic mass is 16.5. The smallest absolute Gasteiger partial charge is 0.122 e. The van der Waals surface area contributed by atoms with E-state index in [1.165, 1.54) is 11.1 Å². The van der Waals surface area contributed by atoms with Crippen LogP contribution in [0.5, 0.6) is 5.75 Å². The second-order valence-corrected chi connectivity index (χ2v) is 6.45. The van der Waals surface area contributed by atoms with Crippen LogP contribution in [0.3, 0.4) is 0 Å². The minimum Gasteiger partial charge on any atom is -0.489 e. The first kappa shape index (κ1) is 16.8. The molecule has 0 saturated heterocycles. The van der Waals surface area contributed by atoms with Crippen LogP contribution >= 0.6 is 0 Å². The summed E-state index contributed by atoms with van der Waals surface area (Å²) in [5.41, 5.74) is 3.78. The molecule has 20 heavy (non-hydrogen) atoms. The van der Waals surface area contributed by atoms with Crippen molar-refractivity contribution < 1.29 is 4.74 Å². The van der Waals surface area contributed by atoms with Gasteiger partial charge in [0, 0.05) is 6.54 Å². The van der Waals surface area contributed by atoms with Crippen molar-refractivity contribution in [3.63, 3.8) is 0 Å². The Bertz CT molecular complexity index is 443. The van der Waals surface area contributed by atoms with Crippen molar-refractivity contribution in [3.05, 3.63) is 41.5 Å². The summed E-state index contributed by atoms with van der Waals surface area (Å²) >= 11 is 0. The first-order chi connectivity index (χ1) is 9.34. The van der Waals surface area contributed by atoms with E-state index in [1.807, 2.05) is 0 Å². The van der Waals surface area contributed by atoms with E-state index >= 15 is 0 Å². The molecule has 0 fully saturated rings. The Hall–Kier alpha value is -1.28. The van der Waals surface area contributed by atoms with Crippen LogP contribution in [0.4, 0.5) is 0 Å². The number of aryl methyl sites for hydroxylation is 1. The second-order valence-electron chi connectivity index (χ2n) is 6.45. The van der Waals surface area contributed by atoms with Gasteiger partial charge in [0.25, 0.3) is 0 Å². The van der Waals surface area contributed by atoms with Crippen molar-refractivity contribution in [1.82, 2.24) is 5.32 Å². The molecule has 0 unspecified atom stereocenters. The predicted molar refractivity (Wildman–Crippen MR) is 87.7 cm³/mol. The number of ether oxygens (including phenoxy) is 1. The lowest BCUT2D eigenvalue weighted by atomic mass is 9.86. The minimum atomic E-state index is 0.178. The average molecular weight is 275 g/mol. The third-order valence-electron chi connectivity index (χ3n) is 3.27. The fourth-order valence-electron chi connectivity index (χ4n) is 1.95. The van der Waals surface area contributed by atoms with Crippen LogP contribution < -0.4 is 10.1 Å². The van der Waals surface area contributed by atoms with Gasteiger partial charge in [-0.05, 0) is 48.1 Å². The molecule has 1 aromatic rings. The lowest BCUT2D eigenvalue weighted by molar-refractivity contribution is 0.345. The molecule has 0 saturated carbocycles. The number of nitrogens with one attached hydrogen (secondary N) is 1. The largest absolute Gasteiger partial charge is 0.489 e. The molecule has 2 heteroatoms. The van der Waals surface area contributed by atoms with Crippen molar-refractivity contribution in [2.45, 2.75) is 46.5 Å². The number of hydrogen-bond donors (Lipinski definition) is 1. The van der Waals surface area contributed by atoms with Crippen molar-refractivity contribution >= 4 is 0 Å². The lowest BCUT2D eigenvalue weighted by Gasteiger charge is -2.20. The van der Waals surface area contributed by atoms with Gasteiger partial charge in [0.2, 0.25) is 0 Å². The van der Waals surface area contributed by atoms with Gasteiger partial charge < -0.3 is 10.1 Å². The summed E-state index contributed by atoms with van der Waals surface area (Å²) in [5.74, 6) is 0.953. The van der Waals surface area contributed by atoms with Gasteiger partial charge in [0.1, 0.15) is 12.4 Å². The van der Waals surface area contributed by atoms with Gasteiger partial charge in [-0.2, -0.15) is 0 Å². The molecule has 0 aliphatic heterocycles. The maximum atomic E-state index is 5.86. The van der Waals surface area contributed by atoms with Crippen LogP contribution in [-0.2, 0) is 5.41 Å². The van der Waals surface area contributed by atoms with Crippen molar-refractivity contribution in [2.24, 2.45) is 0 Å². The van der Waals surface area contributed by atoms with Gasteiger partial charge in [0.05, 0.1) is 0 Å². The van der Waals surface area contributed by atoms with Crippen molar-refractivity contribution in [2.75, 3.05) is 19.7 Å². The lowest BCUT2D eigenvalue weighted by Crippen LogP contribution is -2.20. The highest BCUT2D eigenvalue weighted by Crippen LogP contribution is 2.27. The Kier molecular flexibility index (Phi) is 6.28. The zero-order valence-electron chi connectivity index (χ0n) is 13.7. The maximum absolute atomic E-state index is 5.86. The number of hydrogen-bond acceptors (Lipinski definition) is 2. The summed E-state index contributed by atoms with van der Waals surface area (Å²) < 4.78 is 5.86. The fourth-order valence-corrected chi connectivity index (χ4v) is 1.95. The molecule has 1 rings (SSSR count). The third kappa shape index (κ3) is 5.38. The monoisotopic (exact) mass is 275 g/mol. The SMILES string of the molecule is C=C(CNCCC)COc1ccc(C(C)(C)C)cc1C. The average Bonchev–Trinajstić information content (AvgIpc) is 2.36. The summed E-state index contributed by atoms with van der Waals surface area (Å²) in [4.78, 5) is 0. The Morgan fingerprint density at radius 3 is 2.55 bits per heavy atom. The van der Waals surface area contributed by atoms with Crippen molar-refractivity contribution in [1.29, 1.82) is 0 Å². The van der Waals surface area contributed by atoms with Crippen LogP contribution in [0, 0.1) is 6.92 Å². The van der Waals surface area contributed by atoms with Gasteiger partial charge in [0.15, 0.2) is 0 Å². The van der Waals surface area contributed by atoms with E-state index < -0.39 is 0 Å². The van der Waals surface area contributed by atoms with Crippen LogP contribution in [0.25, 0.3) is 0 Å². The van der Waals surface area contributed by atoms with E-state index in [1.54, 1.807) is 0 Å². The summed E-state index contributed by atoms with van der Waals surface area (Å²) in [6, 6.07) is 6.44. The molecule has 0 aliphatic rings. The van der Waals surface area contributed by atoms with Gasteiger partial charge in [-0.15, -0.1) is 0 Å². The van der Waals surface area contributed by atoms with Crippen LogP contribution in [-0.4, -0.2) is 19.7 Å². The van der Waals surface area contributed by atoms with E-state index in [2.05, 4.69) is 64.7 Å². The number of benzene rings is 1. The van der Waals surface area contributed by atoms with Crippen LogP contribution in [0.15, 0.2) is 30.4 Å². The molecule has 1 N–H and O–H groups in total. The topological polar surface area (TPSA) is 21.3 Å². The van der Waals surface area contributed by atoms with E-state index in [0.29, 0.717) is 6.61 Å². The molecule has 0 radical (unpaired) electrons. The second kappa shape index (κ2) is 7.49. The third-order valence-corrected chi connectivity index (χ3v) is 3.27. The summed E-state index contributed by atoms with van der Waals surface area (Å²) in [6.45, 7) is 17.4. The quantitative estimate of drug-likeness (QED) is 0.594. The highest BCUT2D eigenvalue weighted by molar-refractivity contribution is 5.38. The van der Waals surface area contributed by atoms with Gasteiger partial charge in [-0.25, -0.2) is 0 Å². The van der Waals surface area contributed by atoms with Gasteiger partial charge in [-0.3, -0.25) is 0 Å². The summed E-state index contributed by atoms with van der Waals surface area (Å²) in [5, 5.41) is 3.34. The molecule has 0 aromatic heterocycles. The molecule has 0 amide bonds. The van der Waals surface area contributed by atoms with Gasteiger partial charge >= 0.3 is 0 Å². The molecular weight excluding hydrogens is 246 g/mol. The van der Waals surface area contributed by atoms with E-state index in [-0.39, 0.29) is 5.41 Å². The van der Waals surface area contributed by atoms with E-state index in [0.717, 1.165) is 30.8 Å². The first-order valence-corrected chi connectivity index (χ1v) is 7.46. The van der Waals surface area contributed by atoms with E-state index in [9.17, 15) is 0 Å². The Labute approximate surface area is 124 Å². The molecule has 0 aliphatic carbocycles. The molecule has 112 valence electrons.